The lowest BCUT2D eigenvalue weighted by atomic mass is 10.0. The van der Waals surface area contributed by atoms with E-state index < -0.39 is 124 Å². The van der Waals surface area contributed by atoms with Gasteiger partial charge >= 0.3 is 26.8 Å². The first kappa shape index (κ1) is 51.7. The predicted octanol–water partition coefficient (Wildman–Crippen LogP) is -9.54. The number of hydrogen-bond donors (Lipinski definition) is 18. The number of primary amides is 1. The van der Waals surface area contributed by atoms with Crippen molar-refractivity contribution in [3.8, 4) is 0 Å². The van der Waals surface area contributed by atoms with E-state index in [1.165, 1.54) is 0 Å². The zero-order valence-electron chi connectivity index (χ0n) is 29.8. The molecule has 0 aromatic carbocycles. The summed E-state index contributed by atoms with van der Waals surface area (Å²) in [6, 6.07) is -8.54. The van der Waals surface area contributed by atoms with Crippen molar-refractivity contribution < 1.29 is 73.7 Å². The average molecular weight is 865 g/mol. The topological polar surface area (TPSA) is 528 Å². The second-order valence-corrected chi connectivity index (χ2v) is 13.4. The first-order valence-electron chi connectivity index (χ1n) is 16.1. The summed E-state index contributed by atoms with van der Waals surface area (Å²) in [5, 5.41) is 28.7. The van der Waals surface area contributed by atoms with E-state index in [9.17, 15) is 38.7 Å². The molecule has 1 saturated heterocycles. The Bertz CT molecular complexity index is 1670. The highest BCUT2D eigenvalue weighted by Crippen LogP contribution is 2.07. The number of amides is 8. The number of nitrogens with two attached hydrogens (primary N) is 5. The molecule has 0 radical (unpaired) electrons. The number of hydrogen-bond acceptors (Lipinski definition) is 18. The van der Waals surface area contributed by atoms with Crippen LogP contribution < -0.4 is 71.2 Å². The number of aliphatic hydroxyl groups excluding tert-OH is 1. The Kier molecular flexibility index (Phi) is 22.7. The third kappa shape index (κ3) is 24.7. The fraction of sp³-hybridized carbons (Fsp3) is 0.600. The maximum atomic E-state index is 13.5. The molecule has 0 saturated carbocycles. The number of carbonyl (C=O) groups is 7. The SMILES string of the molecule is NCCCC(N)CC(=O)NCC1NC(=O)C(CO)NC(=O)C(N)CNC(=O)C(C2CCN=C(N)N2)NC(=O)C(=CNC(N)=O)NC1=O.O=S(=O)(O)O.O=S(=O)(O)O. The number of guanidine groups is 1. The quantitative estimate of drug-likeness (QED) is 0.0716. The molecule has 8 amide bonds. The lowest BCUT2D eigenvalue weighted by Gasteiger charge is -2.31. The number of rotatable bonds is 10. The molecule has 2 aliphatic rings. The molecule has 0 aromatic heterocycles. The molecule has 6 unspecified atom stereocenters. The molecule has 0 bridgehead atoms. The van der Waals surface area contributed by atoms with Gasteiger partial charge < -0.3 is 76.3 Å². The van der Waals surface area contributed by atoms with Gasteiger partial charge in [0.2, 0.25) is 29.5 Å². The fourth-order valence-electron chi connectivity index (χ4n) is 4.35. The molecule has 326 valence electrons. The number of aliphatic hydroxyl groups is 1. The largest absolute Gasteiger partial charge is 0.394 e. The van der Waals surface area contributed by atoms with Crippen molar-refractivity contribution in [1.29, 1.82) is 0 Å². The summed E-state index contributed by atoms with van der Waals surface area (Å²) in [5.41, 5.74) is 27.6. The molecule has 1 fully saturated rings. The molecule has 30 nitrogen and oxygen atoms in total. The Hall–Kier alpha value is -5.32. The van der Waals surface area contributed by atoms with Crippen LogP contribution in [0.4, 0.5) is 4.79 Å². The van der Waals surface area contributed by atoms with Crippen LogP contribution in [-0.4, -0.2) is 157 Å². The molecule has 0 aromatic rings. The number of nitrogens with zero attached hydrogens (tertiary/aromatic N) is 1. The molecule has 2 heterocycles. The highest BCUT2D eigenvalue weighted by molar-refractivity contribution is 7.80. The van der Waals surface area contributed by atoms with E-state index in [1.807, 2.05) is 5.32 Å². The zero-order chi connectivity index (χ0) is 44.1. The Balaban J connectivity index is 0.00000277. The van der Waals surface area contributed by atoms with E-state index in [4.69, 9.17) is 63.7 Å². The number of aliphatic imine (C=N–C) groups is 1. The maximum Gasteiger partial charge on any atom is 0.394 e. The Labute approximate surface area is 324 Å². The van der Waals surface area contributed by atoms with Crippen molar-refractivity contribution >= 4 is 68.2 Å². The summed E-state index contributed by atoms with van der Waals surface area (Å²) in [4.78, 5) is 93.9. The van der Waals surface area contributed by atoms with Gasteiger partial charge in [0.15, 0.2) is 5.96 Å². The summed E-state index contributed by atoms with van der Waals surface area (Å²) >= 11 is 0. The van der Waals surface area contributed by atoms with Gasteiger partial charge in [-0.25, -0.2) is 4.79 Å². The summed E-state index contributed by atoms with van der Waals surface area (Å²) < 4.78 is 63.2. The van der Waals surface area contributed by atoms with Crippen LogP contribution in [0.1, 0.15) is 25.7 Å². The van der Waals surface area contributed by atoms with Crippen LogP contribution in [0.25, 0.3) is 0 Å². The van der Waals surface area contributed by atoms with Gasteiger partial charge in [0, 0.05) is 38.3 Å². The van der Waals surface area contributed by atoms with E-state index in [0.29, 0.717) is 19.4 Å². The Morgan fingerprint density at radius 3 is 2.02 bits per heavy atom. The smallest absolute Gasteiger partial charge is 0.394 e. The van der Waals surface area contributed by atoms with Crippen molar-refractivity contribution in [3.63, 3.8) is 0 Å². The zero-order valence-corrected chi connectivity index (χ0v) is 31.4. The summed E-state index contributed by atoms with van der Waals surface area (Å²) in [5.74, 6) is -5.62. The van der Waals surface area contributed by atoms with Gasteiger partial charge in [0.25, 0.3) is 5.91 Å². The molecule has 6 atom stereocenters. The van der Waals surface area contributed by atoms with Crippen molar-refractivity contribution in [3.05, 3.63) is 11.9 Å². The van der Waals surface area contributed by atoms with Gasteiger partial charge in [0.05, 0.1) is 12.6 Å². The van der Waals surface area contributed by atoms with Crippen LogP contribution in [0.2, 0.25) is 0 Å². The van der Waals surface area contributed by atoms with Crippen molar-refractivity contribution in [1.82, 2.24) is 42.5 Å². The summed E-state index contributed by atoms with van der Waals surface area (Å²) in [7, 11) is -9.33. The Morgan fingerprint density at radius 1 is 0.912 bits per heavy atom. The molecular formula is C25H48N14O16S2. The van der Waals surface area contributed by atoms with Gasteiger partial charge in [-0.2, -0.15) is 16.8 Å². The second kappa shape index (κ2) is 25.0. The van der Waals surface area contributed by atoms with Crippen molar-refractivity contribution in [2.24, 2.45) is 33.7 Å². The standard InChI is InChI=1S/C25H44N14O8.2H2O4S/c26-4-1-2-11(27)6-17(41)32-8-14-20(43)35-15(9-34-25(30)47)21(44)39-18(13-3-5-31-24(29)38-13)23(46)33-7-12(28)19(42)37-16(10-40)22(45)36-14;2*1-5(2,3)4/h9,11-14,16,18,40H,1-8,10,26-28H2,(H,32,41)(H,33,46)(H,35,43)(H,36,45)(H,37,42)(H,39,44)(H3,29,31,38)(H3,30,34,47);2*(H2,1,2,3,4). The van der Waals surface area contributed by atoms with E-state index in [1.54, 1.807) is 0 Å². The summed E-state index contributed by atoms with van der Waals surface area (Å²) in [6.07, 6.45) is 1.86. The van der Waals surface area contributed by atoms with E-state index >= 15 is 0 Å². The predicted molar refractivity (Wildman–Crippen MR) is 193 cm³/mol. The van der Waals surface area contributed by atoms with Gasteiger partial charge in [-0.15, -0.1) is 0 Å². The number of urea groups is 1. The van der Waals surface area contributed by atoms with Crippen LogP contribution in [0.5, 0.6) is 0 Å². The van der Waals surface area contributed by atoms with E-state index in [-0.39, 0.29) is 25.3 Å². The molecule has 32 heteroatoms. The van der Waals surface area contributed by atoms with Gasteiger partial charge in [-0.05, 0) is 25.8 Å². The summed E-state index contributed by atoms with van der Waals surface area (Å²) in [6.45, 7) is -1.36. The highest BCUT2D eigenvalue weighted by atomic mass is 32.3. The lowest BCUT2D eigenvalue weighted by Crippen LogP contribution is -2.64. The third-order valence-electron chi connectivity index (χ3n) is 6.90. The third-order valence-corrected chi connectivity index (χ3v) is 6.90. The van der Waals surface area contributed by atoms with Crippen LogP contribution >= 0.6 is 0 Å². The van der Waals surface area contributed by atoms with E-state index in [0.717, 1.165) is 6.20 Å². The number of carbonyl (C=O) groups excluding carboxylic acids is 7. The maximum absolute atomic E-state index is 13.5. The molecule has 2 rings (SSSR count). The van der Waals surface area contributed by atoms with Gasteiger partial charge in [-0.1, -0.05) is 0 Å². The lowest BCUT2D eigenvalue weighted by molar-refractivity contribution is -0.134. The molecular weight excluding hydrogens is 816 g/mol. The van der Waals surface area contributed by atoms with Crippen molar-refractivity contribution in [2.75, 3.05) is 32.8 Å². The minimum Gasteiger partial charge on any atom is -0.394 e. The van der Waals surface area contributed by atoms with Gasteiger partial charge in [-0.3, -0.25) is 52.0 Å². The average Bonchev–Trinajstić information content (AvgIpc) is 3.08. The highest BCUT2D eigenvalue weighted by Gasteiger charge is 2.35. The van der Waals surface area contributed by atoms with Crippen LogP contribution in [0, 0.1) is 0 Å². The van der Waals surface area contributed by atoms with Crippen LogP contribution in [-0.2, 0) is 49.6 Å². The molecule has 57 heavy (non-hydrogen) atoms. The molecule has 0 aliphatic carbocycles. The fourth-order valence-corrected chi connectivity index (χ4v) is 4.35. The first-order valence-corrected chi connectivity index (χ1v) is 18.9. The van der Waals surface area contributed by atoms with Crippen LogP contribution in [0.15, 0.2) is 16.9 Å². The van der Waals surface area contributed by atoms with Crippen molar-refractivity contribution in [2.45, 2.75) is 61.9 Å². The molecule has 0 spiro atoms. The molecule has 23 N–H and O–H groups in total. The van der Waals surface area contributed by atoms with E-state index in [2.05, 4.69) is 42.2 Å². The van der Waals surface area contributed by atoms with Gasteiger partial charge in [0.1, 0.15) is 29.9 Å². The first-order chi connectivity index (χ1) is 26.2. The monoisotopic (exact) mass is 864 g/mol. The van der Waals surface area contributed by atoms with Crippen LogP contribution in [0.3, 0.4) is 0 Å². The number of nitrogens with one attached hydrogen (secondary N) is 8. The normalized spacial score (nSPS) is 23.7. The minimum atomic E-state index is -4.67. The second-order valence-electron chi connectivity index (χ2n) is 11.6. The Morgan fingerprint density at radius 2 is 1.49 bits per heavy atom. The minimum absolute atomic E-state index is 0.0120. The molecule has 2 aliphatic heterocycles.